The van der Waals surface area contributed by atoms with Gasteiger partial charge < -0.3 is 10.1 Å². The van der Waals surface area contributed by atoms with Crippen LogP contribution in [0.5, 0.6) is 5.75 Å². The van der Waals surface area contributed by atoms with E-state index in [-0.39, 0.29) is 34.2 Å². The zero-order chi connectivity index (χ0) is 21.1. The van der Waals surface area contributed by atoms with Gasteiger partial charge in [-0.05, 0) is 49.7 Å². The number of primary sulfonamides is 1. The van der Waals surface area contributed by atoms with Gasteiger partial charge in [-0.2, -0.15) is 0 Å². The summed E-state index contributed by atoms with van der Waals surface area (Å²) in [5.41, 5.74) is 1.28. The molecule has 0 spiro atoms. The minimum Gasteiger partial charge on any atom is -0.492 e. The zero-order valence-electron chi connectivity index (χ0n) is 15.5. The van der Waals surface area contributed by atoms with Crippen LogP contribution in [0.15, 0.2) is 41.3 Å². The second-order valence-electron chi connectivity index (χ2n) is 6.00. The molecular formula is C17H21N3O6S2. The van der Waals surface area contributed by atoms with E-state index in [2.05, 4.69) is 10.0 Å². The zero-order valence-corrected chi connectivity index (χ0v) is 17.1. The molecule has 9 nitrogen and oxygen atoms in total. The number of nitrogens with one attached hydrogen (secondary N) is 2. The highest BCUT2D eigenvalue weighted by Crippen LogP contribution is 2.27. The quantitative estimate of drug-likeness (QED) is 0.613. The van der Waals surface area contributed by atoms with Crippen LogP contribution in [0.4, 0.5) is 11.4 Å². The molecular weight excluding hydrogens is 406 g/mol. The predicted octanol–water partition coefficient (Wildman–Crippen LogP) is 1.66. The Hall–Kier alpha value is -2.63. The third-order valence-corrected chi connectivity index (χ3v) is 5.13. The fraction of sp³-hybridized carbons (Fsp3) is 0.235. The number of nitrogens with two attached hydrogens (primary N) is 1. The molecule has 4 N–H and O–H groups in total. The van der Waals surface area contributed by atoms with E-state index >= 15 is 0 Å². The van der Waals surface area contributed by atoms with Gasteiger partial charge in [0.2, 0.25) is 20.0 Å². The minimum atomic E-state index is -4.06. The molecule has 2 aromatic rings. The Kier molecular flexibility index (Phi) is 6.32. The number of ether oxygens (including phenoxy) is 1. The molecule has 0 aliphatic heterocycles. The van der Waals surface area contributed by atoms with Crippen molar-refractivity contribution in [3.63, 3.8) is 0 Å². The second kappa shape index (κ2) is 8.17. The fourth-order valence-corrected chi connectivity index (χ4v) is 3.68. The Morgan fingerprint density at radius 3 is 2.36 bits per heavy atom. The number of hydrogen-bond donors (Lipinski definition) is 3. The van der Waals surface area contributed by atoms with Gasteiger partial charge in [0, 0.05) is 11.3 Å². The molecule has 0 radical (unpaired) electrons. The van der Waals surface area contributed by atoms with Crippen LogP contribution < -0.4 is 19.9 Å². The smallest absolute Gasteiger partial charge is 0.255 e. The van der Waals surface area contributed by atoms with Crippen LogP contribution in [0, 0.1) is 6.92 Å². The van der Waals surface area contributed by atoms with Crippen molar-refractivity contribution in [2.45, 2.75) is 18.7 Å². The molecule has 0 aliphatic rings. The van der Waals surface area contributed by atoms with Crippen molar-refractivity contribution in [3.8, 4) is 5.75 Å². The lowest BCUT2D eigenvalue weighted by atomic mass is 10.1. The Labute approximate surface area is 164 Å². The molecule has 0 bridgehead atoms. The van der Waals surface area contributed by atoms with Gasteiger partial charge >= 0.3 is 0 Å². The normalized spacial score (nSPS) is 11.7. The molecule has 2 aromatic carbocycles. The van der Waals surface area contributed by atoms with Crippen molar-refractivity contribution in [1.82, 2.24) is 0 Å². The van der Waals surface area contributed by atoms with E-state index in [1.807, 2.05) is 0 Å². The van der Waals surface area contributed by atoms with Crippen LogP contribution in [0.25, 0.3) is 0 Å². The van der Waals surface area contributed by atoms with Crippen molar-refractivity contribution >= 4 is 37.3 Å². The first-order valence-corrected chi connectivity index (χ1v) is 11.5. The highest BCUT2D eigenvalue weighted by molar-refractivity contribution is 7.92. The van der Waals surface area contributed by atoms with Gasteiger partial charge in [0.25, 0.3) is 5.91 Å². The maximum Gasteiger partial charge on any atom is 0.255 e. The van der Waals surface area contributed by atoms with E-state index in [0.29, 0.717) is 5.56 Å². The number of sulfonamides is 2. The van der Waals surface area contributed by atoms with Crippen LogP contribution in [0.1, 0.15) is 22.8 Å². The molecule has 0 saturated carbocycles. The van der Waals surface area contributed by atoms with Crippen LogP contribution in [0.2, 0.25) is 0 Å². The van der Waals surface area contributed by atoms with Gasteiger partial charge in [0.1, 0.15) is 10.6 Å². The minimum absolute atomic E-state index is 0.0815. The molecule has 0 heterocycles. The van der Waals surface area contributed by atoms with E-state index in [0.717, 1.165) is 6.26 Å². The summed E-state index contributed by atoms with van der Waals surface area (Å²) in [5, 5.41) is 7.77. The summed E-state index contributed by atoms with van der Waals surface area (Å²) in [5.74, 6) is -0.473. The van der Waals surface area contributed by atoms with E-state index in [9.17, 15) is 21.6 Å². The van der Waals surface area contributed by atoms with E-state index < -0.39 is 26.0 Å². The third kappa shape index (κ3) is 5.68. The molecule has 0 atom stereocenters. The summed E-state index contributed by atoms with van der Waals surface area (Å²) in [4.78, 5) is 12.3. The number of carbonyl (C=O) groups excluding carboxylic acids is 1. The summed E-state index contributed by atoms with van der Waals surface area (Å²) in [7, 11) is -7.57. The van der Waals surface area contributed by atoms with Crippen molar-refractivity contribution in [2.24, 2.45) is 5.14 Å². The first-order chi connectivity index (χ1) is 12.9. The first kappa shape index (κ1) is 21.7. The lowest BCUT2D eigenvalue weighted by Crippen LogP contribution is -2.17. The molecule has 1 amide bonds. The van der Waals surface area contributed by atoms with Crippen molar-refractivity contribution in [2.75, 3.05) is 22.9 Å². The van der Waals surface area contributed by atoms with Crippen molar-refractivity contribution in [1.29, 1.82) is 0 Å². The number of amides is 1. The summed E-state index contributed by atoms with van der Waals surface area (Å²) >= 11 is 0. The number of anilines is 2. The molecule has 0 aromatic heterocycles. The van der Waals surface area contributed by atoms with Crippen molar-refractivity contribution < 1.29 is 26.4 Å². The molecule has 0 aliphatic carbocycles. The molecule has 11 heteroatoms. The SMILES string of the molecule is CCOc1ccc(NC(=O)c2ccc(C)c(NS(C)(=O)=O)c2)cc1S(N)(=O)=O. The number of carbonyl (C=O) groups is 1. The summed E-state index contributed by atoms with van der Waals surface area (Å²) in [6, 6.07) is 8.57. The molecule has 152 valence electrons. The number of hydrogen-bond acceptors (Lipinski definition) is 6. The van der Waals surface area contributed by atoms with Crippen LogP contribution in [0.3, 0.4) is 0 Å². The fourth-order valence-electron chi connectivity index (χ4n) is 2.36. The molecule has 28 heavy (non-hydrogen) atoms. The van der Waals surface area contributed by atoms with E-state index in [1.54, 1.807) is 19.9 Å². The molecule has 2 rings (SSSR count). The van der Waals surface area contributed by atoms with Gasteiger partial charge in [-0.25, -0.2) is 22.0 Å². The first-order valence-electron chi connectivity index (χ1n) is 8.10. The number of rotatable bonds is 7. The maximum atomic E-state index is 12.5. The Morgan fingerprint density at radius 1 is 1.11 bits per heavy atom. The lowest BCUT2D eigenvalue weighted by Gasteiger charge is -2.13. The summed E-state index contributed by atoms with van der Waals surface area (Å²) < 4.78 is 54.0. The van der Waals surface area contributed by atoms with Gasteiger partial charge in [0.15, 0.2) is 0 Å². The van der Waals surface area contributed by atoms with Gasteiger partial charge in [-0.1, -0.05) is 6.07 Å². The molecule has 0 unspecified atom stereocenters. The highest BCUT2D eigenvalue weighted by atomic mass is 32.2. The van der Waals surface area contributed by atoms with Crippen LogP contribution in [-0.2, 0) is 20.0 Å². The maximum absolute atomic E-state index is 12.5. The number of benzene rings is 2. The van der Waals surface area contributed by atoms with Crippen LogP contribution in [-0.4, -0.2) is 35.6 Å². The molecule has 0 fully saturated rings. The Balaban J connectivity index is 2.34. The predicted molar refractivity (Wildman–Crippen MR) is 107 cm³/mol. The summed E-state index contributed by atoms with van der Waals surface area (Å²) in [6.45, 7) is 3.63. The standard InChI is InChI=1S/C17H21N3O6S2/c1-4-26-15-8-7-13(10-16(15)28(18,24)25)19-17(21)12-6-5-11(2)14(9-12)20-27(3,22)23/h5-10,20H,4H2,1-3H3,(H,19,21)(H2,18,24,25). The van der Waals surface area contributed by atoms with Gasteiger partial charge in [-0.3, -0.25) is 9.52 Å². The lowest BCUT2D eigenvalue weighted by molar-refractivity contribution is 0.102. The summed E-state index contributed by atoms with van der Waals surface area (Å²) in [6.07, 6.45) is 1.01. The van der Waals surface area contributed by atoms with Crippen LogP contribution >= 0.6 is 0 Å². The molecule has 0 saturated heterocycles. The van der Waals surface area contributed by atoms with Gasteiger partial charge in [-0.15, -0.1) is 0 Å². The highest BCUT2D eigenvalue weighted by Gasteiger charge is 2.17. The Morgan fingerprint density at radius 2 is 1.79 bits per heavy atom. The van der Waals surface area contributed by atoms with E-state index in [1.165, 1.54) is 30.3 Å². The monoisotopic (exact) mass is 427 g/mol. The second-order valence-corrected chi connectivity index (χ2v) is 9.28. The Bertz CT molecular complexity index is 1110. The topological polar surface area (TPSA) is 145 Å². The third-order valence-electron chi connectivity index (χ3n) is 3.60. The largest absolute Gasteiger partial charge is 0.492 e. The van der Waals surface area contributed by atoms with Crippen molar-refractivity contribution in [3.05, 3.63) is 47.5 Å². The average molecular weight is 428 g/mol. The average Bonchev–Trinajstić information content (AvgIpc) is 2.56. The van der Waals surface area contributed by atoms with Gasteiger partial charge in [0.05, 0.1) is 18.6 Å². The van der Waals surface area contributed by atoms with E-state index in [4.69, 9.17) is 9.88 Å². The number of aryl methyl sites for hydroxylation is 1.